The first kappa shape index (κ1) is 13.7. The highest BCUT2D eigenvalue weighted by atomic mass is 16.6. The van der Waals surface area contributed by atoms with Gasteiger partial charge in [0.2, 0.25) is 0 Å². The fourth-order valence-electron chi connectivity index (χ4n) is 1.81. The second-order valence-electron chi connectivity index (χ2n) is 4.10. The molecule has 1 aromatic carbocycles. The number of nitrogens with zero attached hydrogens (tertiary/aromatic N) is 3. The summed E-state index contributed by atoms with van der Waals surface area (Å²) in [5.74, 6) is 0. The molecule has 0 saturated carbocycles. The number of para-hydroxylation sites is 1. The van der Waals surface area contributed by atoms with Crippen LogP contribution in [0.1, 0.15) is 5.69 Å². The van der Waals surface area contributed by atoms with Crippen LogP contribution in [0.25, 0.3) is 0 Å². The van der Waals surface area contributed by atoms with E-state index in [9.17, 15) is 14.9 Å². The Bertz CT molecular complexity index is 587. The maximum Gasteiger partial charge on any atom is 0.539 e. The van der Waals surface area contributed by atoms with Gasteiger partial charge in [0.15, 0.2) is 0 Å². The second kappa shape index (κ2) is 6.42. The van der Waals surface area contributed by atoms with Crippen LogP contribution >= 0.6 is 0 Å². The van der Waals surface area contributed by atoms with Crippen molar-refractivity contribution in [1.29, 1.82) is 0 Å². The number of aromatic nitrogens is 1. The highest BCUT2D eigenvalue weighted by molar-refractivity contribution is 5.86. The van der Waals surface area contributed by atoms with Gasteiger partial charge in [-0.2, -0.15) is 9.69 Å². The van der Waals surface area contributed by atoms with E-state index in [4.69, 9.17) is 0 Å². The van der Waals surface area contributed by atoms with Crippen molar-refractivity contribution in [3.8, 4) is 0 Å². The van der Waals surface area contributed by atoms with E-state index in [1.54, 1.807) is 42.6 Å². The van der Waals surface area contributed by atoms with Gasteiger partial charge < -0.3 is 10.1 Å². The van der Waals surface area contributed by atoms with Crippen molar-refractivity contribution >= 4 is 11.7 Å². The molecule has 6 nitrogen and oxygen atoms in total. The fourth-order valence-corrected chi connectivity index (χ4v) is 1.81. The molecule has 0 radical (unpaired) electrons. The van der Waals surface area contributed by atoms with Crippen LogP contribution in [0.4, 0.5) is 10.5 Å². The number of anilines is 1. The van der Waals surface area contributed by atoms with Crippen LogP contribution in [0.2, 0.25) is 0 Å². The van der Waals surface area contributed by atoms with Crippen LogP contribution in [0.5, 0.6) is 0 Å². The summed E-state index contributed by atoms with van der Waals surface area (Å²) >= 11 is 0. The van der Waals surface area contributed by atoms with Crippen LogP contribution in [-0.4, -0.2) is 22.5 Å². The smallest absolute Gasteiger partial charge is 0.355 e. The van der Waals surface area contributed by atoms with Crippen molar-refractivity contribution < 1.29 is 9.72 Å². The van der Waals surface area contributed by atoms with Crippen LogP contribution in [0, 0.1) is 10.1 Å². The summed E-state index contributed by atoms with van der Waals surface area (Å²) in [5.41, 5.74) is 1.29. The number of nitro groups is 1. The molecule has 2 rings (SSSR count). The molecule has 0 aliphatic rings. The molecule has 0 fully saturated rings. The largest absolute Gasteiger partial charge is 0.539 e. The predicted molar refractivity (Wildman–Crippen MR) is 74.1 cm³/mol. The Balaban J connectivity index is 2.15. The summed E-state index contributed by atoms with van der Waals surface area (Å²) in [6.07, 6.45) is 2.10. The maximum absolute atomic E-state index is 11.7. The third kappa shape index (κ3) is 3.38. The molecule has 0 bridgehead atoms. The standard InChI is InChI=1S/C14H13N3O3/c18-14(17(19)20)16(13-7-2-1-3-8-13)11-9-12-6-4-5-10-15-12/h1-8,10H,9,11H2. The van der Waals surface area contributed by atoms with Gasteiger partial charge in [0.1, 0.15) is 12.2 Å². The zero-order valence-electron chi connectivity index (χ0n) is 10.7. The molecule has 1 heterocycles. The van der Waals surface area contributed by atoms with Gasteiger partial charge in [0, 0.05) is 23.2 Å². The molecule has 20 heavy (non-hydrogen) atoms. The van der Waals surface area contributed by atoms with E-state index in [1.165, 1.54) is 0 Å². The molecule has 6 heteroatoms. The minimum Gasteiger partial charge on any atom is -0.355 e. The molecule has 0 aliphatic carbocycles. The number of carbonyl (C=O) groups excluding carboxylic acids is 1. The first-order chi connectivity index (χ1) is 9.68. The van der Waals surface area contributed by atoms with Crippen LogP contribution in [-0.2, 0) is 6.42 Å². The molecule has 0 N–H and O–H groups in total. The summed E-state index contributed by atoms with van der Waals surface area (Å²) in [7, 11) is 0. The number of urea groups is 1. The van der Waals surface area contributed by atoms with Gasteiger partial charge in [-0.25, -0.2) is 0 Å². The van der Waals surface area contributed by atoms with E-state index in [0.717, 1.165) is 10.6 Å². The van der Waals surface area contributed by atoms with Gasteiger partial charge >= 0.3 is 6.03 Å². The summed E-state index contributed by atoms with van der Waals surface area (Å²) in [6.45, 7) is 0.209. The fraction of sp³-hybridized carbons (Fsp3) is 0.143. The molecule has 0 aliphatic heterocycles. The Morgan fingerprint density at radius 1 is 1.15 bits per heavy atom. The third-order valence-electron chi connectivity index (χ3n) is 2.77. The van der Waals surface area contributed by atoms with E-state index >= 15 is 0 Å². The van der Waals surface area contributed by atoms with Crippen LogP contribution in [0.15, 0.2) is 54.7 Å². The molecule has 2 aromatic rings. The number of hydrogen-bond acceptors (Lipinski definition) is 4. The average Bonchev–Trinajstić information content (AvgIpc) is 2.49. The van der Waals surface area contributed by atoms with E-state index in [2.05, 4.69) is 4.98 Å². The van der Waals surface area contributed by atoms with Gasteiger partial charge in [-0.05, 0) is 24.3 Å². The number of pyridine rings is 1. The van der Waals surface area contributed by atoms with Crippen molar-refractivity contribution in [2.24, 2.45) is 0 Å². The minimum absolute atomic E-state index is 0.209. The minimum atomic E-state index is -1.13. The van der Waals surface area contributed by atoms with Gasteiger partial charge in [-0.1, -0.05) is 24.3 Å². The number of amides is 2. The molecule has 0 atom stereocenters. The quantitative estimate of drug-likeness (QED) is 0.632. The molecule has 102 valence electrons. The van der Waals surface area contributed by atoms with Gasteiger partial charge in [0.25, 0.3) is 0 Å². The second-order valence-corrected chi connectivity index (χ2v) is 4.10. The SMILES string of the molecule is O=C(N(CCc1ccccn1)c1ccccc1)[N+](=O)[O-]. The lowest BCUT2D eigenvalue weighted by Gasteiger charge is -2.13. The first-order valence-electron chi connectivity index (χ1n) is 6.09. The maximum atomic E-state index is 11.7. The molecule has 0 saturated heterocycles. The first-order valence-corrected chi connectivity index (χ1v) is 6.09. The summed E-state index contributed by atoms with van der Waals surface area (Å²) in [5, 5.41) is 10.7. The predicted octanol–water partition coefficient (Wildman–Crippen LogP) is 2.53. The van der Waals surface area contributed by atoms with Gasteiger partial charge in [0.05, 0.1) is 0 Å². The molecular formula is C14H13N3O3. The number of benzene rings is 1. The van der Waals surface area contributed by atoms with Crippen LogP contribution in [0.3, 0.4) is 0 Å². The normalized spacial score (nSPS) is 10.0. The van der Waals surface area contributed by atoms with E-state index in [1.807, 2.05) is 12.1 Å². The number of rotatable bonds is 4. The van der Waals surface area contributed by atoms with E-state index in [0.29, 0.717) is 12.1 Å². The number of carbonyl (C=O) groups is 1. The lowest BCUT2D eigenvalue weighted by atomic mass is 10.2. The highest BCUT2D eigenvalue weighted by Gasteiger charge is 2.27. The van der Waals surface area contributed by atoms with Crippen LogP contribution < -0.4 is 4.90 Å². The Kier molecular flexibility index (Phi) is 4.39. The van der Waals surface area contributed by atoms with E-state index in [-0.39, 0.29) is 6.54 Å². The molecule has 0 unspecified atom stereocenters. The lowest BCUT2D eigenvalue weighted by Crippen LogP contribution is -2.36. The van der Waals surface area contributed by atoms with Gasteiger partial charge in [-0.3, -0.25) is 4.98 Å². The molecule has 0 spiro atoms. The zero-order valence-corrected chi connectivity index (χ0v) is 10.7. The highest BCUT2D eigenvalue weighted by Crippen LogP contribution is 2.15. The monoisotopic (exact) mass is 271 g/mol. The average molecular weight is 271 g/mol. The Morgan fingerprint density at radius 2 is 1.85 bits per heavy atom. The Morgan fingerprint density at radius 3 is 2.45 bits per heavy atom. The van der Waals surface area contributed by atoms with Crippen molar-refractivity contribution in [2.75, 3.05) is 11.4 Å². The molecular weight excluding hydrogens is 258 g/mol. The Hall–Kier alpha value is -2.76. The van der Waals surface area contributed by atoms with Gasteiger partial charge in [-0.15, -0.1) is 0 Å². The van der Waals surface area contributed by atoms with Crippen molar-refractivity contribution in [2.45, 2.75) is 6.42 Å². The summed E-state index contributed by atoms with van der Waals surface area (Å²) in [4.78, 5) is 26.8. The topological polar surface area (TPSA) is 76.3 Å². The van der Waals surface area contributed by atoms with Crippen molar-refractivity contribution in [3.63, 3.8) is 0 Å². The zero-order chi connectivity index (χ0) is 14.4. The molecule has 1 aromatic heterocycles. The summed E-state index contributed by atoms with van der Waals surface area (Å²) in [6, 6.07) is 12.9. The van der Waals surface area contributed by atoms with E-state index < -0.39 is 11.0 Å². The number of hydrogen-bond donors (Lipinski definition) is 0. The Labute approximate surface area is 115 Å². The summed E-state index contributed by atoms with van der Waals surface area (Å²) < 4.78 is 0. The molecule has 2 amide bonds. The lowest BCUT2D eigenvalue weighted by molar-refractivity contribution is -0.371. The van der Waals surface area contributed by atoms with Crippen molar-refractivity contribution in [1.82, 2.24) is 4.98 Å². The van der Waals surface area contributed by atoms with Crippen molar-refractivity contribution in [3.05, 3.63) is 70.5 Å². The third-order valence-corrected chi connectivity index (χ3v) is 2.77.